The molecule has 0 radical (unpaired) electrons. The van der Waals surface area contributed by atoms with Crippen LogP contribution in [0.5, 0.6) is 0 Å². The third-order valence-electron chi connectivity index (χ3n) is 3.54. The normalized spacial score (nSPS) is 30.9. The van der Waals surface area contributed by atoms with Crippen LogP contribution in [-0.2, 0) is 13.8 Å². The summed E-state index contributed by atoms with van der Waals surface area (Å²) < 4.78 is 27.9. The molecule has 0 N–H and O–H groups in total. The van der Waals surface area contributed by atoms with E-state index in [0.29, 0.717) is 6.61 Å². The molecule has 2 rings (SSSR count). The number of halogens is 1. The summed E-state index contributed by atoms with van der Waals surface area (Å²) in [6.07, 6.45) is 6.30. The van der Waals surface area contributed by atoms with Crippen LogP contribution in [0, 0.1) is 5.92 Å². The first-order valence-electron chi connectivity index (χ1n) is 5.55. The summed E-state index contributed by atoms with van der Waals surface area (Å²) in [6.45, 7) is 0.692. The lowest BCUT2D eigenvalue weighted by molar-refractivity contribution is -0.0890. The Hall–Kier alpha value is 0.200. The van der Waals surface area contributed by atoms with E-state index >= 15 is 0 Å². The summed E-state index contributed by atoms with van der Waals surface area (Å²) >= 11 is 0. The van der Waals surface area contributed by atoms with Crippen molar-refractivity contribution in [2.45, 2.75) is 44.1 Å². The molecule has 2 fully saturated rings. The molecule has 1 heterocycles. The third kappa shape index (κ3) is 3.08. The summed E-state index contributed by atoms with van der Waals surface area (Å²) in [6, 6.07) is 0. The maximum Gasteiger partial charge on any atom is 0.232 e. The van der Waals surface area contributed by atoms with Crippen LogP contribution in [0.15, 0.2) is 0 Å². The van der Waals surface area contributed by atoms with Gasteiger partial charge in [0.1, 0.15) is 0 Å². The van der Waals surface area contributed by atoms with Gasteiger partial charge in [0.2, 0.25) is 9.05 Å². The number of rotatable bonds is 2. The summed E-state index contributed by atoms with van der Waals surface area (Å²) in [5.41, 5.74) is -0.00943. The summed E-state index contributed by atoms with van der Waals surface area (Å²) in [5.74, 6) is 0.305. The summed E-state index contributed by atoms with van der Waals surface area (Å²) in [7, 11) is 1.94. The molecule has 1 spiro atoms. The fraction of sp³-hybridized carbons (Fsp3) is 1.00. The smallest absolute Gasteiger partial charge is 0.232 e. The predicted molar refractivity (Wildman–Crippen MR) is 59.5 cm³/mol. The maximum atomic E-state index is 11.0. The Morgan fingerprint density at radius 3 is 2.60 bits per heavy atom. The molecule has 2 aliphatic rings. The Labute approximate surface area is 95.6 Å². The predicted octanol–water partition coefficient (Wildman–Crippen LogP) is 2.29. The van der Waals surface area contributed by atoms with Gasteiger partial charge in [-0.3, -0.25) is 0 Å². The molecule has 5 heteroatoms. The number of hydrogen-bond acceptors (Lipinski definition) is 3. The van der Waals surface area contributed by atoms with Crippen molar-refractivity contribution < 1.29 is 13.2 Å². The van der Waals surface area contributed by atoms with Crippen LogP contribution in [0.1, 0.15) is 38.5 Å². The van der Waals surface area contributed by atoms with E-state index < -0.39 is 9.05 Å². The van der Waals surface area contributed by atoms with E-state index in [1.165, 1.54) is 12.8 Å². The highest BCUT2D eigenvalue weighted by Crippen LogP contribution is 2.42. The topological polar surface area (TPSA) is 43.4 Å². The average Bonchev–Trinajstić information content (AvgIpc) is 2.50. The first kappa shape index (κ1) is 11.7. The molecule has 88 valence electrons. The van der Waals surface area contributed by atoms with Gasteiger partial charge in [-0.1, -0.05) is 12.8 Å². The first-order valence-corrected chi connectivity index (χ1v) is 8.03. The highest BCUT2D eigenvalue weighted by atomic mass is 35.7. The van der Waals surface area contributed by atoms with Crippen molar-refractivity contribution in [2.24, 2.45) is 5.92 Å². The highest BCUT2D eigenvalue weighted by molar-refractivity contribution is 8.13. The zero-order chi connectivity index (χ0) is 10.9. The van der Waals surface area contributed by atoms with Crippen LogP contribution >= 0.6 is 10.7 Å². The van der Waals surface area contributed by atoms with E-state index in [1.807, 2.05) is 0 Å². The van der Waals surface area contributed by atoms with Crippen molar-refractivity contribution in [3.63, 3.8) is 0 Å². The molecule has 1 saturated heterocycles. The second kappa shape index (κ2) is 4.22. The van der Waals surface area contributed by atoms with E-state index in [9.17, 15) is 8.42 Å². The second-order valence-corrected chi connectivity index (χ2v) is 7.62. The van der Waals surface area contributed by atoms with Crippen LogP contribution < -0.4 is 0 Å². The van der Waals surface area contributed by atoms with E-state index in [1.54, 1.807) is 0 Å². The Morgan fingerprint density at radius 1 is 1.33 bits per heavy atom. The minimum absolute atomic E-state index is 0.00943. The maximum absolute atomic E-state index is 11.0. The molecule has 15 heavy (non-hydrogen) atoms. The van der Waals surface area contributed by atoms with Gasteiger partial charge in [-0.2, -0.15) is 0 Å². The fourth-order valence-electron chi connectivity index (χ4n) is 2.92. The molecule has 0 amide bonds. The quantitative estimate of drug-likeness (QED) is 0.709. The fourth-order valence-corrected chi connectivity index (χ4v) is 4.30. The van der Waals surface area contributed by atoms with Gasteiger partial charge in [-0.25, -0.2) is 8.42 Å². The zero-order valence-corrected chi connectivity index (χ0v) is 10.3. The van der Waals surface area contributed by atoms with Crippen LogP contribution in [0.2, 0.25) is 0 Å². The number of hydrogen-bond donors (Lipinski definition) is 0. The monoisotopic (exact) mass is 252 g/mol. The van der Waals surface area contributed by atoms with Crippen LogP contribution in [0.3, 0.4) is 0 Å². The van der Waals surface area contributed by atoms with E-state index in [2.05, 4.69) is 0 Å². The lowest BCUT2D eigenvalue weighted by Crippen LogP contribution is -2.38. The van der Waals surface area contributed by atoms with Crippen molar-refractivity contribution in [2.75, 3.05) is 12.4 Å². The molecule has 1 saturated carbocycles. The molecule has 1 aliphatic heterocycles. The van der Waals surface area contributed by atoms with Gasteiger partial charge in [0.15, 0.2) is 0 Å². The average molecular weight is 253 g/mol. The van der Waals surface area contributed by atoms with Gasteiger partial charge in [-0.15, -0.1) is 0 Å². The molecule has 1 aliphatic carbocycles. The highest BCUT2D eigenvalue weighted by Gasteiger charge is 2.40. The molecule has 1 atom stereocenters. The van der Waals surface area contributed by atoms with E-state index in [-0.39, 0.29) is 17.3 Å². The van der Waals surface area contributed by atoms with E-state index in [4.69, 9.17) is 15.4 Å². The van der Waals surface area contributed by atoms with Crippen molar-refractivity contribution in [3.05, 3.63) is 0 Å². The first-order chi connectivity index (χ1) is 6.99. The molecule has 0 aromatic carbocycles. The number of ether oxygens (including phenoxy) is 1. The van der Waals surface area contributed by atoms with Crippen molar-refractivity contribution >= 4 is 19.7 Å². The Balaban J connectivity index is 1.98. The SMILES string of the molecule is O=S(=O)(Cl)CC1CCOC2(CCCC2)C1. The molecular weight excluding hydrogens is 236 g/mol. The molecule has 0 aromatic rings. The van der Waals surface area contributed by atoms with Crippen molar-refractivity contribution in [3.8, 4) is 0 Å². The minimum Gasteiger partial charge on any atom is -0.375 e. The van der Waals surface area contributed by atoms with Crippen molar-refractivity contribution in [1.29, 1.82) is 0 Å². The molecule has 0 bridgehead atoms. The Kier molecular flexibility index (Phi) is 3.29. The second-order valence-electron chi connectivity index (χ2n) is 4.80. The summed E-state index contributed by atoms with van der Waals surface area (Å²) in [5, 5.41) is 0. The van der Waals surface area contributed by atoms with Crippen LogP contribution in [-0.4, -0.2) is 26.4 Å². The molecule has 0 aromatic heterocycles. The van der Waals surface area contributed by atoms with Crippen LogP contribution in [0.25, 0.3) is 0 Å². The lowest BCUT2D eigenvalue weighted by Gasteiger charge is -2.37. The van der Waals surface area contributed by atoms with Gasteiger partial charge in [0.25, 0.3) is 0 Å². The Bertz CT molecular complexity index is 320. The summed E-state index contributed by atoms with van der Waals surface area (Å²) in [4.78, 5) is 0. The zero-order valence-electron chi connectivity index (χ0n) is 8.75. The largest absolute Gasteiger partial charge is 0.375 e. The van der Waals surface area contributed by atoms with Crippen LogP contribution in [0.4, 0.5) is 0 Å². The van der Waals surface area contributed by atoms with Crippen molar-refractivity contribution in [1.82, 2.24) is 0 Å². The van der Waals surface area contributed by atoms with E-state index in [0.717, 1.165) is 25.7 Å². The van der Waals surface area contributed by atoms with Gasteiger partial charge in [0, 0.05) is 17.3 Å². The third-order valence-corrected chi connectivity index (χ3v) is 4.79. The molecular formula is C10H17ClO3S. The van der Waals surface area contributed by atoms with Gasteiger partial charge in [0.05, 0.1) is 11.4 Å². The standard InChI is InChI=1S/C10H17ClO3S/c11-15(12,13)8-9-3-6-14-10(7-9)4-1-2-5-10/h9H,1-8H2. The van der Waals surface area contributed by atoms with Gasteiger partial charge >= 0.3 is 0 Å². The van der Waals surface area contributed by atoms with Gasteiger partial charge < -0.3 is 4.74 Å². The Morgan fingerprint density at radius 2 is 2.00 bits per heavy atom. The minimum atomic E-state index is -3.35. The molecule has 1 unspecified atom stereocenters. The lowest BCUT2D eigenvalue weighted by atomic mass is 9.86. The van der Waals surface area contributed by atoms with Gasteiger partial charge in [-0.05, 0) is 31.6 Å². The molecule has 3 nitrogen and oxygen atoms in total.